The van der Waals surface area contributed by atoms with E-state index in [2.05, 4.69) is 48.9 Å². The van der Waals surface area contributed by atoms with E-state index in [-0.39, 0.29) is 5.82 Å². The van der Waals surface area contributed by atoms with Crippen LogP contribution < -0.4 is 4.57 Å². The number of para-hydroxylation sites is 1. The minimum atomic E-state index is -0.0959. The number of fused-ring (bicyclic) bond motifs is 1. The highest BCUT2D eigenvalue weighted by molar-refractivity contribution is 5.81. The van der Waals surface area contributed by atoms with E-state index < -0.39 is 0 Å². The monoisotopic (exact) mass is 294 g/mol. The van der Waals surface area contributed by atoms with Crippen LogP contribution in [0, 0.1) is 33.5 Å². The lowest BCUT2D eigenvalue weighted by atomic mass is 9.95. The normalized spacial score (nSPS) is 11.2. The summed E-state index contributed by atoms with van der Waals surface area (Å²) in [6.07, 6.45) is 0. The fourth-order valence-electron chi connectivity index (χ4n) is 3.18. The number of hydrogen-bond acceptors (Lipinski definition) is 0. The fraction of sp³-hybridized carbons (Fsp3) is 0.250. The molecule has 0 saturated carbocycles. The minimum absolute atomic E-state index is 0.0959. The summed E-state index contributed by atoms with van der Waals surface area (Å²) in [5.74, 6) is -0.0959. The molecular formula is C20H21FN+. The molecule has 0 aliphatic heterocycles. The molecule has 0 radical (unpaired) electrons. The number of pyridine rings is 1. The molecule has 0 unspecified atom stereocenters. The van der Waals surface area contributed by atoms with E-state index in [0.29, 0.717) is 5.56 Å². The summed E-state index contributed by atoms with van der Waals surface area (Å²) in [6.45, 7) is 7.82. The van der Waals surface area contributed by atoms with Crippen molar-refractivity contribution in [3.05, 3.63) is 64.5 Å². The first kappa shape index (κ1) is 14.7. The van der Waals surface area contributed by atoms with Gasteiger partial charge in [0.05, 0.1) is 0 Å². The molecule has 1 heterocycles. The first-order chi connectivity index (χ1) is 10.4. The summed E-state index contributed by atoms with van der Waals surface area (Å²) in [6, 6.07) is 12.5. The Bertz CT molecular complexity index is 894. The second-order valence-corrected chi connectivity index (χ2v) is 6.09. The molecule has 0 bridgehead atoms. The van der Waals surface area contributed by atoms with Crippen LogP contribution >= 0.6 is 0 Å². The van der Waals surface area contributed by atoms with Crippen LogP contribution in [0.5, 0.6) is 0 Å². The molecule has 1 nitrogen and oxygen atoms in total. The standard InChI is InChI=1S/C20H21FN/c1-12-11-19(22(5)18-9-7-6-8-16(12)18)17-10-13(2)20(21)15(4)14(17)3/h6-11H,1-5H3/q+1. The topological polar surface area (TPSA) is 3.88 Å². The number of hydrogen-bond donors (Lipinski definition) is 0. The average Bonchev–Trinajstić information content (AvgIpc) is 2.52. The summed E-state index contributed by atoms with van der Waals surface area (Å²) < 4.78 is 16.3. The molecule has 0 spiro atoms. The molecule has 22 heavy (non-hydrogen) atoms. The van der Waals surface area contributed by atoms with Crippen LogP contribution in [-0.2, 0) is 7.05 Å². The molecule has 0 fully saturated rings. The van der Waals surface area contributed by atoms with Crippen molar-refractivity contribution in [3.63, 3.8) is 0 Å². The quantitative estimate of drug-likeness (QED) is 0.573. The zero-order chi connectivity index (χ0) is 16.0. The maximum Gasteiger partial charge on any atom is 0.213 e. The Labute approximate surface area is 131 Å². The molecule has 0 aliphatic carbocycles. The molecule has 3 rings (SSSR count). The van der Waals surface area contributed by atoms with Crippen LogP contribution in [0.15, 0.2) is 36.4 Å². The van der Waals surface area contributed by atoms with Gasteiger partial charge < -0.3 is 0 Å². The number of benzene rings is 2. The second-order valence-electron chi connectivity index (χ2n) is 6.09. The third kappa shape index (κ3) is 2.10. The molecule has 2 heteroatoms. The number of nitrogens with zero attached hydrogens (tertiary/aromatic N) is 1. The van der Waals surface area contributed by atoms with E-state index in [9.17, 15) is 4.39 Å². The van der Waals surface area contributed by atoms with Crippen molar-refractivity contribution in [2.75, 3.05) is 0 Å². The summed E-state index contributed by atoms with van der Waals surface area (Å²) >= 11 is 0. The molecular weight excluding hydrogens is 273 g/mol. The predicted molar refractivity (Wildman–Crippen MR) is 89.5 cm³/mol. The molecule has 0 aliphatic rings. The second kappa shape index (κ2) is 5.20. The Morgan fingerprint density at radius 3 is 2.27 bits per heavy atom. The lowest BCUT2D eigenvalue weighted by Gasteiger charge is -2.12. The Balaban J connectivity index is 2.39. The largest absolute Gasteiger partial charge is 0.213 e. The van der Waals surface area contributed by atoms with Gasteiger partial charge in [-0.05, 0) is 62.1 Å². The van der Waals surface area contributed by atoms with E-state index in [1.165, 1.54) is 16.5 Å². The maximum absolute atomic E-state index is 14.1. The van der Waals surface area contributed by atoms with Crippen molar-refractivity contribution in [2.24, 2.45) is 7.05 Å². The van der Waals surface area contributed by atoms with Gasteiger partial charge in [-0.2, -0.15) is 4.57 Å². The minimum Gasteiger partial charge on any atom is -0.206 e. The molecule has 0 atom stereocenters. The van der Waals surface area contributed by atoms with Crippen molar-refractivity contribution < 1.29 is 8.96 Å². The third-order valence-electron chi connectivity index (χ3n) is 4.68. The van der Waals surface area contributed by atoms with Crippen molar-refractivity contribution in [1.29, 1.82) is 0 Å². The van der Waals surface area contributed by atoms with Crippen molar-refractivity contribution in [2.45, 2.75) is 27.7 Å². The first-order valence-electron chi connectivity index (χ1n) is 7.57. The number of halogens is 1. The van der Waals surface area contributed by atoms with Crippen LogP contribution in [0.4, 0.5) is 4.39 Å². The highest BCUT2D eigenvalue weighted by Crippen LogP contribution is 2.29. The van der Waals surface area contributed by atoms with E-state index in [0.717, 1.165) is 22.4 Å². The van der Waals surface area contributed by atoms with E-state index in [4.69, 9.17) is 0 Å². The SMILES string of the molecule is Cc1cc(-c2cc(C)c3ccccc3[n+]2C)c(C)c(C)c1F. The molecule has 0 amide bonds. The van der Waals surface area contributed by atoms with Gasteiger partial charge in [0.1, 0.15) is 12.9 Å². The van der Waals surface area contributed by atoms with Gasteiger partial charge in [0.15, 0.2) is 0 Å². The summed E-state index contributed by atoms with van der Waals surface area (Å²) in [4.78, 5) is 0. The number of aryl methyl sites for hydroxylation is 3. The van der Waals surface area contributed by atoms with E-state index >= 15 is 0 Å². The molecule has 1 aromatic heterocycles. The molecule has 0 N–H and O–H groups in total. The van der Waals surface area contributed by atoms with Crippen LogP contribution in [-0.4, -0.2) is 0 Å². The van der Waals surface area contributed by atoms with Gasteiger partial charge in [-0.3, -0.25) is 0 Å². The Hall–Kier alpha value is -2.22. The van der Waals surface area contributed by atoms with Crippen LogP contribution in [0.3, 0.4) is 0 Å². The van der Waals surface area contributed by atoms with Gasteiger partial charge in [0.2, 0.25) is 11.2 Å². The van der Waals surface area contributed by atoms with E-state index in [1.807, 2.05) is 26.8 Å². The highest BCUT2D eigenvalue weighted by atomic mass is 19.1. The maximum atomic E-state index is 14.1. The summed E-state index contributed by atoms with van der Waals surface area (Å²) in [5, 5.41) is 1.25. The van der Waals surface area contributed by atoms with Gasteiger partial charge in [0.25, 0.3) is 0 Å². The van der Waals surface area contributed by atoms with Gasteiger partial charge >= 0.3 is 0 Å². The van der Waals surface area contributed by atoms with Crippen LogP contribution in [0.1, 0.15) is 22.3 Å². The zero-order valence-electron chi connectivity index (χ0n) is 13.8. The lowest BCUT2D eigenvalue weighted by Crippen LogP contribution is -2.32. The zero-order valence-corrected chi connectivity index (χ0v) is 13.8. The van der Waals surface area contributed by atoms with Crippen LogP contribution in [0.25, 0.3) is 22.2 Å². The van der Waals surface area contributed by atoms with Gasteiger partial charge in [-0.15, -0.1) is 0 Å². The molecule has 0 saturated heterocycles. The number of aromatic nitrogens is 1. The Morgan fingerprint density at radius 1 is 0.864 bits per heavy atom. The molecule has 112 valence electrons. The highest BCUT2D eigenvalue weighted by Gasteiger charge is 2.20. The third-order valence-corrected chi connectivity index (χ3v) is 4.68. The number of rotatable bonds is 1. The average molecular weight is 294 g/mol. The smallest absolute Gasteiger partial charge is 0.206 e. The fourth-order valence-corrected chi connectivity index (χ4v) is 3.18. The van der Waals surface area contributed by atoms with Crippen molar-refractivity contribution >= 4 is 10.9 Å². The van der Waals surface area contributed by atoms with Crippen molar-refractivity contribution in [1.82, 2.24) is 0 Å². The predicted octanol–water partition coefficient (Wildman–Crippen LogP) is 4.70. The van der Waals surface area contributed by atoms with E-state index in [1.54, 1.807) is 0 Å². The van der Waals surface area contributed by atoms with Gasteiger partial charge in [-0.1, -0.05) is 12.1 Å². The Morgan fingerprint density at radius 2 is 1.55 bits per heavy atom. The first-order valence-corrected chi connectivity index (χ1v) is 7.57. The molecule has 3 aromatic rings. The Kier molecular flexibility index (Phi) is 3.48. The van der Waals surface area contributed by atoms with Crippen LogP contribution in [0.2, 0.25) is 0 Å². The lowest BCUT2D eigenvalue weighted by molar-refractivity contribution is -0.633. The molecule has 2 aromatic carbocycles. The van der Waals surface area contributed by atoms with Gasteiger partial charge in [-0.25, -0.2) is 4.39 Å². The summed E-state index contributed by atoms with van der Waals surface area (Å²) in [7, 11) is 2.07. The summed E-state index contributed by atoms with van der Waals surface area (Å²) in [5.41, 5.74) is 7.10. The van der Waals surface area contributed by atoms with Gasteiger partial charge in [0, 0.05) is 23.1 Å². The van der Waals surface area contributed by atoms with Crippen molar-refractivity contribution in [3.8, 4) is 11.3 Å².